The highest BCUT2D eigenvalue weighted by atomic mass is 16.6. The first-order valence-electron chi connectivity index (χ1n) is 9.22. The third-order valence-corrected chi connectivity index (χ3v) is 3.52. The molecule has 1 aromatic rings. The Kier molecular flexibility index (Phi) is 8.70. The maximum Gasteiger partial charge on any atom is 0.408 e. The second kappa shape index (κ2) is 10.5. The Balaban J connectivity index is 3.01. The summed E-state index contributed by atoms with van der Waals surface area (Å²) < 4.78 is 10.2. The Labute approximate surface area is 166 Å². The number of carbonyl (C=O) groups is 3. The van der Waals surface area contributed by atoms with E-state index in [1.165, 1.54) is 0 Å². The summed E-state index contributed by atoms with van der Waals surface area (Å²) in [6.45, 7) is 10.5. The molecule has 0 saturated heterocycles. The van der Waals surface area contributed by atoms with E-state index in [1.807, 2.05) is 30.3 Å². The molecule has 7 heteroatoms. The van der Waals surface area contributed by atoms with Gasteiger partial charge >= 0.3 is 12.1 Å². The van der Waals surface area contributed by atoms with Crippen molar-refractivity contribution in [3.8, 4) is 0 Å². The number of benzene rings is 1. The van der Waals surface area contributed by atoms with Crippen LogP contribution in [0.2, 0.25) is 0 Å². The van der Waals surface area contributed by atoms with Gasteiger partial charge in [-0.25, -0.2) is 9.59 Å². The molecule has 1 rings (SSSR count). The minimum Gasteiger partial charge on any atom is -0.461 e. The van der Waals surface area contributed by atoms with Crippen molar-refractivity contribution >= 4 is 18.0 Å². The molecule has 154 valence electrons. The van der Waals surface area contributed by atoms with Crippen molar-refractivity contribution in [2.75, 3.05) is 6.61 Å². The highest BCUT2D eigenvalue weighted by molar-refractivity contribution is 5.96. The summed E-state index contributed by atoms with van der Waals surface area (Å²) >= 11 is 0. The number of alkyl carbamates (subject to hydrolysis) is 1. The molecule has 1 aromatic carbocycles. The van der Waals surface area contributed by atoms with Gasteiger partial charge in [-0.05, 0) is 52.7 Å². The minimum atomic E-state index is -0.930. The molecule has 0 fully saturated rings. The highest BCUT2D eigenvalue weighted by Gasteiger charge is 2.27. The summed E-state index contributed by atoms with van der Waals surface area (Å²) in [5.74, 6) is -1.15. The number of hydrogen-bond donors (Lipinski definition) is 2. The molecule has 0 aliphatic heterocycles. The van der Waals surface area contributed by atoms with Crippen molar-refractivity contribution in [1.82, 2.24) is 10.6 Å². The van der Waals surface area contributed by atoms with Gasteiger partial charge in [0.2, 0.25) is 5.91 Å². The molecule has 0 aliphatic carbocycles. The molecule has 2 N–H and O–H groups in total. The molecular weight excluding hydrogens is 360 g/mol. The number of hydrogen-bond acceptors (Lipinski definition) is 5. The average Bonchev–Trinajstić information content (AvgIpc) is 2.58. The molecule has 0 aliphatic rings. The van der Waals surface area contributed by atoms with Crippen LogP contribution in [-0.2, 0) is 25.5 Å². The molecule has 0 aromatic heterocycles. The molecule has 0 radical (unpaired) electrons. The van der Waals surface area contributed by atoms with Gasteiger partial charge in [0.15, 0.2) is 0 Å². The SMILES string of the molecule is CCOC(=O)C(NC(=O)[C@H](Cc1ccccc1)NC(=O)OC(C)(C)C)=C(C)C. The molecule has 0 saturated carbocycles. The lowest BCUT2D eigenvalue weighted by Gasteiger charge is -2.24. The van der Waals surface area contributed by atoms with E-state index in [0.29, 0.717) is 5.57 Å². The number of ether oxygens (including phenoxy) is 2. The predicted molar refractivity (Wildman–Crippen MR) is 106 cm³/mol. The summed E-state index contributed by atoms with van der Waals surface area (Å²) in [5, 5.41) is 5.17. The van der Waals surface area contributed by atoms with E-state index < -0.39 is 29.6 Å². The van der Waals surface area contributed by atoms with Gasteiger partial charge in [0, 0.05) is 6.42 Å². The molecule has 1 atom stereocenters. The van der Waals surface area contributed by atoms with Crippen LogP contribution < -0.4 is 10.6 Å². The van der Waals surface area contributed by atoms with Crippen LogP contribution in [0.3, 0.4) is 0 Å². The summed E-state index contributed by atoms with van der Waals surface area (Å²) in [4.78, 5) is 37.2. The predicted octanol–water partition coefficient (Wildman–Crippen LogP) is 3.10. The fourth-order valence-electron chi connectivity index (χ4n) is 2.30. The number of rotatable bonds is 7. The van der Waals surface area contributed by atoms with Gasteiger partial charge in [-0.2, -0.15) is 0 Å². The number of esters is 1. The molecule has 2 amide bonds. The van der Waals surface area contributed by atoms with Crippen molar-refractivity contribution in [1.29, 1.82) is 0 Å². The molecule has 28 heavy (non-hydrogen) atoms. The summed E-state index contributed by atoms with van der Waals surface area (Å²) in [6, 6.07) is 8.33. The van der Waals surface area contributed by atoms with Gasteiger partial charge in [0.05, 0.1) is 6.61 Å². The van der Waals surface area contributed by atoms with Crippen molar-refractivity contribution in [3.63, 3.8) is 0 Å². The Morgan fingerprint density at radius 1 is 1.07 bits per heavy atom. The van der Waals surface area contributed by atoms with Crippen LogP contribution in [0, 0.1) is 0 Å². The zero-order valence-corrected chi connectivity index (χ0v) is 17.4. The van der Waals surface area contributed by atoms with Crippen LogP contribution in [-0.4, -0.2) is 36.2 Å². The Morgan fingerprint density at radius 3 is 2.18 bits per heavy atom. The van der Waals surface area contributed by atoms with Gasteiger partial charge in [0.25, 0.3) is 0 Å². The summed E-state index contributed by atoms with van der Waals surface area (Å²) in [6.07, 6.45) is -0.469. The van der Waals surface area contributed by atoms with Gasteiger partial charge in [-0.3, -0.25) is 4.79 Å². The van der Waals surface area contributed by atoms with Crippen molar-refractivity contribution < 1.29 is 23.9 Å². The van der Waals surface area contributed by atoms with E-state index in [9.17, 15) is 14.4 Å². The van der Waals surface area contributed by atoms with E-state index in [4.69, 9.17) is 9.47 Å². The molecular formula is C21H30N2O5. The van der Waals surface area contributed by atoms with Gasteiger partial charge < -0.3 is 20.1 Å². The Hall–Kier alpha value is -2.83. The molecule has 0 bridgehead atoms. The smallest absolute Gasteiger partial charge is 0.408 e. The number of nitrogens with one attached hydrogen (secondary N) is 2. The molecule has 7 nitrogen and oxygen atoms in total. The fraction of sp³-hybridized carbons (Fsp3) is 0.476. The third kappa shape index (κ3) is 8.24. The quantitative estimate of drug-likeness (QED) is 0.551. The zero-order valence-electron chi connectivity index (χ0n) is 17.4. The van der Waals surface area contributed by atoms with E-state index >= 15 is 0 Å². The maximum atomic E-state index is 12.8. The summed E-state index contributed by atoms with van der Waals surface area (Å²) in [7, 11) is 0. The normalized spacial score (nSPS) is 11.8. The van der Waals surface area contributed by atoms with Crippen LogP contribution in [0.5, 0.6) is 0 Å². The van der Waals surface area contributed by atoms with E-state index in [1.54, 1.807) is 41.5 Å². The minimum absolute atomic E-state index is 0.0656. The first kappa shape index (κ1) is 23.2. The van der Waals surface area contributed by atoms with Gasteiger partial charge in [-0.1, -0.05) is 30.3 Å². The van der Waals surface area contributed by atoms with Crippen LogP contribution in [0.4, 0.5) is 4.79 Å². The second-order valence-corrected chi connectivity index (χ2v) is 7.47. The van der Waals surface area contributed by atoms with Crippen LogP contribution in [0.25, 0.3) is 0 Å². The lowest BCUT2D eigenvalue weighted by Crippen LogP contribution is -2.49. The number of allylic oxidation sites excluding steroid dienone is 1. The standard InChI is InChI=1S/C21H30N2O5/c1-7-27-19(25)17(14(2)3)23-18(24)16(13-15-11-9-8-10-12-15)22-20(26)28-21(4,5)6/h8-12,16H,7,13H2,1-6H3,(H,22,26)(H,23,24)/t16-/m0/s1. The topological polar surface area (TPSA) is 93.7 Å². The molecule has 0 unspecified atom stereocenters. The van der Waals surface area contributed by atoms with Crippen molar-refractivity contribution in [3.05, 3.63) is 47.2 Å². The monoisotopic (exact) mass is 390 g/mol. The fourth-order valence-corrected chi connectivity index (χ4v) is 2.30. The molecule has 0 spiro atoms. The first-order valence-corrected chi connectivity index (χ1v) is 9.22. The van der Waals surface area contributed by atoms with Gasteiger partial charge in [0.1, 0.15) is 17.3 Å². The van der Waals surface area contributed by atoms with Crippen LogP contribution >= 0.6 is 0 Å². The van der Waals surface area contributed by atoms with E-state index in [0.717, 1.165) is 5.56 Å². The number of carbonyl (C=O) groups excluding carboxylic acids is 3. The first-order chi connectivity index (χ1) is 13.0. The lowest BCUT2D eigenvalue weighted by molar-refractivity contribution is -0.140. The van der Waals surface area contributed by atoms with E-state index in [2.05, 4.69) is 10.6 Å². The lowest BCUT2D eigenvalue weighted by atomic mass is 10.1. The van der Waals surface area contributed by atoms with Crippen molar-refractivity contribution in [2.45, 2.75) is 59.6 Å². The van der Waals surface area contributed by atoms with Crippen LogP contribution in [0.15, 0.2) is 41.6 Å². The van der Waals surface area contributed by atoms with E-state index in [-0.39, 0.29) is 18.7 Å². The third-order valence-electron chi connectivity index (χ3n) is 3.52. The Morgan fingerprint density at radius 2 is 1.68 bits per heavy atom. The second-order valence-electron chi connectivity index (χ2n) is 7.47. The largest absolute Gasteiger partial charge is 0.461 e. The summed E-state index contributed by atoms with van der Waals surface area (Å²) in [5.41, 5.74) is 0.820. The number of amides is 2. The highest BCUT2D eigenvalue weighted by Crippen LogP contribution is 2.10. The van der Waals surface area contributed by atoms with Crippen molar-refractivity contribution in [2.24, 2.45) is 0 Å². The molecule has 0 heterocycles. The zero-order chi connectivity index (χ0) is 21.3. The maximum absolute atomic E-state index is 12.8. The average molecular weight is 390 g/mol. The van der Waals surface area contributed by atoms with Gasteiger partial charge in [-0.15, -0.1) is 0 Å². The van der Waals surface area contributed by atoms with Crippen LogP contribution in [0.1, 0.15) is 47.1 Å². The Bertz CT molecular complexity index is 716.